The second kappa shape index (κ2) is 44.9. The van der Waals surface area contributed by atoms with Crippen LogP contribution in [-0.4, -0.2) is 95.5 Å². The third-order valence-corrected chi connectivity index (χ3v) is 2.81. The fourth-order valence-corrected chi connectivity index (χ4v) is 1.19. The second-order valence-corrected chi connectivity index (χ2v) is 7.16. The van der Waals surface area contributed by atoms with E-state index in [2.05, 4.69) is 48.9 Å². The first-order chi connectivity index (χ1) is 16.4. The Kier molecular flexibility index (Phi) is 58.7. The van der Waals surface area contributed by atoms with Crippen LogP contribution in [0.15, 0.2) is 49.1 Å². The number of likely N-dealkylation sites (N-methyl/N-ethyl adjacent to an activating group) is 3. The lowest BCUT2D eigenvalue weighted by atomic mass is 10.4. The third-order valence-electron chi connectivity index (χ3n) is 2.81. The van der Waals surface area contributed by atoms with Crippen LogP contribution in [0.25, 0.3) is 0 Å². The summed E-state index contributed by atoms with van der Waals surface area (Å²) in [7, 11) is 5.90. The Balaban J connectivity index is -0.0000000863. The van der Waals surface area contributed by atoms with Crippen LogP contribution < -0.4 is 10.6 Å². The monoisotopic (exact) mass is 498 g/mol. The van der Waals surface area contributed by atoms with Gasteiger partial charge in [0.1, 0.15) is 18.9 Å². The van der Waals surface area contributed by atoms with E-state index < -0.39 is 0 Å². The molecular formula is C27H54N4O4. The van der Waals surface area contributed by atoms with Crippen LogP contribution in [0, 0.1) is 0 Å². The molecule has 1 amide bonds. The number of nitrogens with one attached hydrogen (secondary N) is 2. The van der Waals surface area contributed by atoms with Gasteiger partial charge in [0.05, 0.1) is 0 Å². The van der Waals surface area contributed by atoms with Crippen LogP contribution in [0.5, 0.6) is 0 Å². The summed E-state index contributed by atoms with van der Waals surface area (Å²) in [5.74, 6) is 0. The molecule has 35 heavy (non-hydrogen) atoms. The number of aldehydes is 3. The summed E-state index contributed by atoms with van der Waals surface area (Å²) in [5, 5.41) is 6.13. The molecule has 0 atom stereocenters. The quantitative estimate of drug-likeness (QED) is 0.228. The Morgan fingerprint density at radius 1 is 0.743 bits per heavy atom. The highest BCUT2D eigenvalue weighted by atomic mass is 16.1. The molecule has 0 aliphatic rings. The molecule has 206 valence electrons. The molecular weight excluding hydrogens is 444 g/mol. The Labute approximate surface area is 216 Å². The van der Waals surface area contributed by atoms with Crippen molar-refractivity contribution in [2.24, 2.45) is 0 Å². The van der Waals surface area contributed by atoms with Crippen molar-refractivity contribution in [3.8, 4) is 0 Å². The molecule has 8 heteroatoms. The normalized spacial score (nSPS) is 7.94. The minimum Gasteiger partial charge on any atom is -0.343 e. The lowest BCUT2D eigenvalue weighted by Crippen LogP contribution is -2.37. The molecule has 0 rings (SSSR count). The van der Waals surface area contributed by atoms with Gasteiger partial charge >= 0.3 is 0 Å². The Bertz CT molecular complexity index is 507. The van der Waals surface area contributed by atoms with E-state index in [1.54, 1.807) is 18.7 Å². The maximum absolute atomic E-state index is 10.7. The van der Waals surface area contributed by atoms with Gasteiger partial charge in [0.25, 0.3) is 0 Å². The molecule has 0 aromatic rings. The zero-order valence-corrected chi connectivity index (χ0v) is 24.0. The molecule has 0 radical (unpaired) electrons. The largest absolute Gasteiger partial charge is 0.343 e. The number of allylic oxidation sites excluding steroid dienone is 4. The van der Waals surface area contributed by atoms with Crippen molar-refractivity contribution >= 4 is 25.3 Å². The minimum atomic E-state index is 0.574. The lowest BCUT2D eigenvalue weighted by molar-refractivity contribution is -0.118. The van der Waals surface area contributed by atoms with Gasteiger partial charge in [-0.05, 0) is 66.1 Å². The van der Waals surface area contributed by atoms with Crippen molar-refractivity contribution in [2.75, 3.05) is 60.4 Å². The Hall–Kier alpha value is -2.68. The van der Waals surface area contributed by atoms with E-state index in [0.29, 0.717) is 17.4 Å². The number of carbonyl (C=O) groups excluding carboxylic acids is 4. The van der Waals surface area contributed by atoms with Gasteiger partial charge in [-0.2, -0.15) is 0 Å². The van der Waals surface area contributed by atoms with Crippen LogP contribution >= 0.6 is 0 Å². The summed E-state index contributed by atoms with van der Waals surface area (Å²) in [6.07, 6.45) is 4.20. The topological polar surface area (TPSA) is 98.8 Å². The van der Waals surface area contributed by atoms with Crippen molar-refractivity contribution in [1.29, 1.82) is 0 Å². The molecule has 0 unspecified atom stereocenters. The summed E-state index contributed by atoms with van der Waals surface area (Å²) in [6.45, 7) is 29.9. The van der Waals surface area contributed by atoms with E-state index in [0.717, 1.165) is 58.3 Å². The molecule has 0 spiro atoms. The van der Waals surface area contributed by atoms with Crippen molar-refractivity contribution in [2.45, 2.75) is 41.5 Å². The minimum absolute atomic E-state index is 0.574. The highest BCUT2D eigenvalue weighted by Gasteiger charge is 2.02. The van der Waals surface area contributed by atoms with E-state index in [1.807, 2.05) is 41.8 Å². The van der Waals surface area contributed by atoms with Gasteiger partial charge in [-0.1, -0.05) is 39.2 Å². The van der Waals surface area contributed by atoms with Crippen molar-refractivity contribution in [3.63, 3.8) is 0 Å². The molecule has 0 fully saturated rings. The molecule has 0 aliphatic heterocycles. The van der Waals surface area contributed by atoms with Gasteiger partial charge in [-0.25, -0.2) is 0 Å². The van der Waals surface area contributed by atoms with Crippen molar-refractivity contribution in [3.05, 3.63) is 49.1 Å². The van der Waals surface area contributed by atoms with E-state index in [9.17, 15) is 14.4 Å². The van der Waals surface area contributed by atoms with E-state index >= 15 is 0 Å². The van der Waals surface area contributed by atoms with Gasteiger partial charge in [0, 0.05) is 39.3 Å². The van der Waals surface area contributed by atoms with Crippen molar-refractivity contribution < 1.29 is 19.2 Å². The molecule has 8 nitrogen and oxygen atoms in total. The number of nitrogens with zero attached hydrogens (tertiary/aromatic N) is 2. The van der Waals surface area contributed by atoms with Crippen molar-refractivity contribution in [1.82, 2.24) is 20.4 Å². The van der Waals surface area contributed by atoms with E-state index in [1.165, 1.54) is 11.6 Å². The predicted octanol–water partition coefficient (Wildman–Crippen LogP) is 3.32. The van der Waals surface area contributed by atoms with Gasteiger partial charge in [-0.3, -0.25) is 19.2 Å². The molecule has 0 aliphatic carbocycles. The Morgan fingerprint density at radius 2 is 1.06 bits per heavy atom. The van der Waals surface area contributed by atoms with Gasteiger partial charge in [-0.15, -0.1) is 6.58 Å². The summed E-state index contributed by atoms with van der Waals surface area (Å²) >= 11 is 0. The number of hydrogen-bond acceptors (Lipinski definition) is 7. The molecule has 0 aromatic heterocycles. The van der Waals surface area contributed by atoms with Crippen LogP contribution in [0.2, 0.25) is 0 Å². The lowest BCUT2D eigenvalue weighted by Gasteiger charge is -2.22. The predicted molar refractivity (Wildman–Crippen MR) is 153 cm³/mol. The SMILES string of the molecule is C=C(C)C.C=C(C)C=O.C=C(C)C=O.C=CC=O.CC.CNCCN(C)CCN(C=O)CCNC. The molecule has 0 saturated heterocycles. The second-order valence-electron chi connectivity index (χ2n) is 7.16. The average molecular weight is 499 g/mol. The number of rotatable bonds is 13. The zero-order valence-electron chi connectivity index (χ0n) is 24.0. The first kappa shape index (κ1) is 45.8. The maximum Gasteiger partial charge on any atom is 0.209 e. The van der Waals surface area contributed by atoms with E-state index in [-0.39, 0.29) is 0 Å². The molecule has 2 N–H and O–H groups in total. The van der Waals surface area contributed by atoms with E-state index in [4.69, 9.17) is 4.79 Å². The molecule has 0 aromatic carbocycles. The van der Waals surface area contributed by atoms with Crippen LogP contribution in [0.3, 0.4) is 0 Å². The van der Waals surface area contributed by atoms with Gasteiger partial charge < -0.3 is 20.4 Å². The highest BCUT2D eigenvalue weighted by Crippen LogP contribution is 1.86. The number of hydrogen-bond donors (Lipinski definition) is 2. The van der Waals surface area contributed by atoms with Gasteiger partial charge in [0.15, 0.2) is 0 Å². The fraction of sp³-hybridized carbons (Fsp3) is 0.556. The molecule has 0 bridgehead atoms. The smallest absolute Gasteiger partial charge is 0.209 e. The fourth-order valence-electron chi connectivity index (χ4n) is 1.19. The highest BCUT2D eigenvalue weighted by molar-refractivity contribution is 5.71. The number of carbonyl (C=O) groups is 4. The molecule has 0 saturated carbocycles. The van der Waals surface area contributed by atoms with Crippen LogP contribution in [0.4, 0.5) is 0 Å². The average Bonchev–Trinajstić information content (AvgIpc) is 2.84. The van der Waals surface area contributed by atoms with Crippen LogP contribution in [0.1, 0.15) is 41.5 Å². The Morgan fingerprint density at radius 3 is 1.29 bits per heavy atom. The maximum atomic E-state index is 10.7. The zero-order chi connectivity index (χ0) is 29.1. The summed E-state index contributed by atoms with van der Waals surface area (Å²) < 4.78 is 0. The number of amides is 1. The third kappa shape index (κ3) is 89.8. The standard InChI is InChI=1S/C10H24N4O.2C4H6O.C4H8.C3H4O.C2H6/c1-11-4-6-13(3)8-9-14(10-15)7-5-12-2;2*1-4(2)3-5;1-4(2)3;1-2-3-4;1-2/h10-12H,4-9H2,1-3H3;2*3H,1H2,2H3;1H2,2-3H3;2-3H,1H2;1-2H3. The summed E-state index contributed by atoms with van der Waals surface area (Å²) in [5.41, 5.74) is 2.31. The first-order valence-electron chi connectivity index (χ1n) is 11.5. The van der Waals surface area contributed by atoms with Gasteiger partial charge in [0.2, 0.25) is 6.41 Å². The first-order valence-corrected chi connectivity index (χ1v) is 11.5. The van der Waals surface area contributed by atoms with Crippen LogP contribution in [-0.2, 0) is 19.2 Å². The summed E-state index contributed by atoms with van der Waals surface area (Å²) in [6, 6.07) is 0. The summed E-state index contributed by atoms with van der Waals surface area (Å²) in [4.78, 5) is 42.6. The molecule has 0 heterocycles.